The van der Waals surface area contributed by atoms with E-state index in [1.807, 2.05) is 19.0 Å². The van der Waals surface area contributed by atoms with Crippen LogP contribution in [0.1, 0.15) is 10.4 Å². The highest BCUT2D eigenvalue weighted by atomic mass is 32.1. The number of hydrogen-bond acceptors (Lipinski definition) is 5. The molecule has 0 aromatic carbocycles. The number of carbonyl (C=O) groups excluding carboxylic acids is 2. The van der Waals surface area contributed by atoms with Gasteiger partial charge in [-0.25, -0.2) is 0 Å². The highest BCUT2D eigenvalue weighted by Gasteiger charge is 2.13. The SMILES string of the molecule is CNCCN(C)CC(=O)Nc1sccc1C(N)=O. The molecule has 100 valence electrons. The lowest BCUT2D eigenvalue weighted by molar-refractivity contribution is -0.117. The number of nitrogens with two attached hydrogens (primary N) is 1. The minimum atomic E-state index is -0.532. The van der Waals surface area contributed by atoms with Gasteiger partial charge in [-0.05, 0) is 25.5 Å². The van der Waals surface area contributed by atoms with E-state index in [0.29, 0.717) is 10.6 Å². The second kappa shape index (κ2) is 7.10. The van der Waals surface area contributed by atoms with Gasteiger partial charge >= 0.3 is 0 Å². The molecule has 6 nitrogen and oxygen atoms in total. The van der Waals surface area contributed by atoms with E-state index in [1.54, 1.807) is 11.4 Å². The van der Waals surface area contributed by atoms with Gasteiger partial charge in [-0.15, -0.1) is 11.3 Å². The van der Waals surface area contributed by atoms with Crippen molar-refractivity contribution >= 4 is 28.2 Å². The maximum atomic E-state index is 11.7. The Labute approximate surface area is 110 Å². The number of amides is 2. The molecule has 0 atom stereocenters. The van der Waals surface area contributed by atoms with Crippen LogP contribution in [0.15, 0.2) is 11.4 Å². The molecular weight excluding hydrogens is 252 g/mol. The van der Waals surface area contributed by atoms with E-state index >= 15 is 0 Å². The zero-order valence-corrected chi connectivity index (χ0v) is 11.3. The van der Waals surface area contributed by atoms with Gasteiger partial charge in [0.25, 0.3) is 5.91 Å². The van der Waals surface area contributed by atoms with Crippen molar-refractivity contribution in [3.05, 3.63) is 17.0 Å². The molecule has 7 heteroatoms. The summed E-state index contributed by atoms with van der Waals surface area (Å²) in [6, 6.07) is 1.60. The van der Waals surface area contributed by atoms with Crippen molar-refractivity contribution in [1.29, 1.82) is 0 Å². The summed E-state index contributed by atoms with van der Waals surface area (Å²) in [5.41, 5.74) is 5.55. The van der Waals surface area contributed by atoms with Crippen LogP contribution in [0.25, 0.3) is 0 Å². The number of anilines is 1. The number of rotatable bonds is 7. The van der Waals surface area contributed by atoms with Crippen LogP contribution in [0, 0.1) is 0 Å². The molecule has 0 aliphatic carbocycles. The zero-order valence-electron chi connectivity index (χ0n) is 10.5. The summed E-state index contributed by atoms with van der Waals surface area (Å²) in [7, 11) is 3.72. The van der Waals surface area contributed by atoms with Gasteiger partial charge in [0.2, 0.25) is 5.91 Å². The third-order valence-electron chi connectivity index (χ3n) is 2.34. The summed E-state index contributed by atoms with van der Waals surface area (Å²) in [6.07, 6.45) is 0. The first-order chi connectivity index (χ1) is 8.54. The predicted molar refractivity (Wildman–Crippen MR) is 72.9 cm³/mol. The average Bonchev–Trinajstić information content (AvgIpc) is 2.74. The standard InChI is InChI=1S/C11H18N4O2S/c1-13-4-5-15(2)7-9(16)14-11-8(10(12)17)3-6-18-11/h3,6,13H,4-5,7H2,1-2H3,(H2,12,17)(H,14,16). The largest absolute Gasteiger partial charge is 0.366 e. The van der Waals surface area contributed by atoms with Gasteiger partial charge in [-0.3, -0.25) is 14.5 Å². The van der Waals surface area contributed by atoms with Gasteiger partial charge in [0.1, 0.15) is 5.00 Å². The number of nitrogens with one attached hydrogen (secondary N) is 2. The molecule has 1 rings (SSSR count). The first kappa shape index (κ1) is 14.6. The molecule has 0 spiro atoms. The summed E-state index contributed by atoms with van der Waals surface area (Å²) in [6.45, 7) is 1.87. The Kier molecular flexibility index (Phi) is 5.76. The minimum Gasteiger partial charge on any atom is -0.366 e. The van der Waals surface area contributed by atoms with Gasteiger partial charge in [-0.1, -0.05) is 0 Å². The highest BCUT2D eigenvalue weighted by Crippen LogP contribution is 2.22. The lowest BCUT2D eigenvalue weighted by atomic mass is 10.3. The molecule has 2 amide bonds. The normalized spacial score (nSPS) is 10.6. The van der Waals surface area contributed by atoms with Gasteiger partial charge in [0, 0.05) is 13.1 Å². The Balaban J connectivity index is 2.49. The molecule has 0 unspecified atom stereocenters. The van der Waals surface area contributed by atoms with Gasteiger partial charge in [0.05, 0.1) is 12.1 Å². The number of thiophene rings is 1. The smallest absolute Gasteiger partial charge is 0.251 e. The van der Waals surface area contributed by atoms with Crippen LogP contribution in [0.5, 0.6) is 0 Å². The predicted octanol–water partition coefficient (Wildman–Crippen LogP) is -0.0633. The molecule has 1 aromatic rings. The number of nitrogens with zero attached hydrogens (tertiary/aromatic N) is 1. The van der Waals surface area contributed by atoms with Crippen molar-refractivity contribution in [2.24, 2.45) is 5.73 Å². The molecule has 0 radical (unpaired) electrons. The summed E-state index contributed by atoms with van der Waals surface area (Å²) < 4.78 is 0. The Morgan fingerprint density at radius 3 is 2.83 bits per heavy atom. The second-order valence-corrected chi connectivity index (χ2v) is 4.83. The highest BCUT2D eigenvalue weighted by molar-refractivity contribution is 7.14. The first-order valence-corrected chi connectivity index (χ1v) is 6.43. The van der Waals surface area contributed by atoms with E-state index in [0.717, 1.165) is 13.1 Å². The van der Waals surface area contributed by atoms with Crippen LogP contribution in [0.3, 0.4) is 0 Å². The number of carbonyl (C=O) groups is 2. The maximum Gasteiger partial charge on any atom is 0.251 e. The van der Waals surface area contributed by atoms with Crippen LogP contribution < -0.4 is 16.4 Å². The molecule has 4 N–H and O–H groups in total. The maximum absolute atomic E-state index is 11.7. The Morgan fingerprint density at radius 2 is 2.22 bits per heavy atom. The van der Waals surface area contributed by atoms with E-state index in [2.05, 4.69) is 10.6 Å². The third kappa shape index (κ3) is 4.44. The Hall–Kier alpha value is -1.44. The summed E-state index contributed by atoms with van der Waals surface area (Å²) in [4.78, 5) is 24.7. The van der Waals surface area contributed by atoms with Crippen molar-refractivity contribution < 1.29 is 9.59 Å². The molecule has 0 saturated carbocycles. The van der Waals surface area contributed by atoms with E-state index in [4.69, 9.17) is 5.73 Å². The first-order valence-electron chi connectivity index (χ1n) is 5.55. The van der Waals surface area contributed by atoms with Crippen LogP contribution in [0.4, 0.5) is 5.00 Å². The number of hydrogen-bond donors (Lipinski definition) is 3. The van der Waals surface area contributed by atoms with E-state index in [-0.39, 0.29) is 12.5 Å². The molecule has 1 heterocycles. The molecular formula is C11H18N4O2S. The fraction of sp³-hybridized carbons (Fsp3) is 0.455. The average molecular weight is 270 g/mol. The molecule has 0 bridgehead atoms. The fourth-order valence-corrected chi connectivity index (χ4v) is 2.20. The van der Waals surface area contributed by atoms with Crippen molar-refractivity contribution in [2.45, 2.75) is 0 Å². The van der Waals surface area contributed by atoms with E-state index in [9.17, 15) is 9.59 Å². The van der Waals surface area contributed by atoms with E-state index in [1.165, 1.54) is 11.3 Å². The van der Waals surface area contributed by atoms with Gasteiger partial charge in [0.15, 0.2) is 0 Å². The zero-order chi connectivity index (χ0) is 13.5. The summed E-state index contributed by atoms with van der Waals surface area (Å²) in [5.74, 6) is -0.686. The van der Waals surface area contributed by atoms with Crippen molar-refractivity contribution in [2.75, 3.05) is 39.0 Å². The molecule has 0 saturated heterocycles. The lowest BCUT2D eigenvalue weighted by Crippen LogP contribution is -2.34. The molecule has 0 aliphatic heterocycles. The molecule has 0 fully saturated rings. The fourth-order valence-electron chi connectivity index (χ4n) is 1.39. The van der Waals surface area contributed by atoms with Crippen LogP contribution >= 0.6 is 11.3 Å². The lowest BCUT2D eigenvalue weighted by Gasteiger charge is -2.15. The van der Waals surface area contributed by atoms with Gasteiger partial charge < -0.3 is 16.4 Å². The molecule has 0 aliphatic rings. The molecule has 18 heavy (non-hydrogen) atoms. The number of likely N-dealkylation sites (N-methyl/N-ethyl adjacent to an activating group) is 2. The Bertz CT molecular complexity index is 419. The topological polar surface area (TPSA) is 87.5 Å². The summed E-state index contributed by atoms with van der Waals surface area (Å²) >= 11 is 1.29. The number of primary amides is 1. The van der Waals surface area contributed by atoms with Crippen molar-refractivity contribution in [1.82, 2.24) is 10.2 Å². The van der Waals surface area contributed by atoms with E-state index < -0.39 is 5.91 Å². The van der Waals surface area contributed by atoms with Crippen molar-refractivity contribution in [3.8, 4) is 0 Å². The monoisotopic (exact) mass is 270 g/mol. The third-order valence-corrected chi connectivity index (χ3v) is 3.17. The minimum absolute atomic E-state index is 0.154. The van der Waals surface area contributed by atoms with Crippen LogP contribution in [0.2, 0.25) is 0 Å². The van der Waals surface area contributed by atoms with Crippen LogP contribution in [-0.4, -0.2) is 50.4 Å². The quantitative estimate of drug-likeness (QED) is 0.647. The van der Waals surface area contributed by atoms with Crippen molar-refractivity contribution in [3.63, 3.8) is 0 Å². The second-order valence-electron chi connectivity index (χ2n) is 3.92. The van der Waals surface area contributed by atoms with Gasteiger partial charge in [-0.2, -0.15) is 0 Å². The Morgan fingerprint density at radius 1 is 1.50 bits per heavy atom. The van der Waals surface area contributed by atoms with Crippen LogP contribution in [-0.2, 0) is 4.79 Å². The molecule has 1 aromatic heterocycles. The summed E-state index contributed by atoms with van der Waals surface area (Å²) in [5, 5.41) is 7.94.